The molecule has 33 heavy (non-hydrogen) atoms. The van der Waals surface area contributed by atoms with E-state index < -0.39 is 10.0 Å². The van der Waals surface area contributed by atoms with Crippen molar-refractivity contribution in [1.82, 2.24) is 15.1 Å². The summed E-state index contributed by atoms with van der Waals surface area (Å²) in [5.74, 6) is -0.288. The van der Waals surface area contributed by atoms with Crippen LogP contribution in [0.25, 0.3) is 5.69 Å². The Labute approximate surface area is 193 Å². The summed E-state index contributed by atoms with van der Waals surface area (Å²) in [6.45, 7) is 3.76. The van der Waals surface area contributed by atoms with Crippen LogP contribution in [0.4, 0.5) is 5.69 Å². The van der Waals surface area contributed by atoms with E-state index in [-0.39, 0.29) is 10.8 Å². The molecule has 0 saturated heterocycles. The lowest BCUT2D eigenvalue weighted by Crippen LogP contribution is -2.23. The van der Waals surface area contributed by atoms with Gasteiger partial charge in [-0.15, -0.1) is 0 Å². The molecule has 1 aromatic heterocycles. The molecule has 8 heteroatoms. The van der Waals surface area contributed by atoms with Gasteiger partial charge in [-0.1, -0.05) is 54.6 Å². The van der Waals surface area contributed by atoms with Crippen LogP contribution >= 0.6 is 0 Å². The van der Waals surface area contributed by atoms with Gasteiger partial charge >= 0.3 is 0 Å². The lowest BCUT2D eigenvalue weighted by atomic mass is 10.2. The third-order valence-corrected chi connectivity index (χ3v) is 6.80. The zero-order valence-corrected chi connectivity index (χ0v) is 19.1. The predicted octanol–water partition coefficient (Wildman–Crippen LogP) is 4.22. The Bertz CT molecular complexity index is 1380. The van der Waals surface area contributed by atoms with Crippen molar-refractivity contribution < 1.29 is 13.2 Å². The monoisotopic (exact) mass is 460 g/mol. The number of hydrogen-bond acceptors (Lipinski definition) is 4. The number of rotatable bonds is 7. The van der Waals surface area contributed by atoms with E-state index >= 15 is 0 Å². The quantitative estimate of drug-likeness (QED) is 0.432. The molecular formula is C25H24N4O3S. The summed E-state index contributed by atoms with van der Waals surface area (Å²) in [5.41, 5.74) is 3.30. The van der Waals surface area contributed by atoms with Gasteiger partial charge in [0.1, 0.15) is 4.90 Å². The van der Waals surface area contributed by atoms with Crippen molar-refractivity contribution >= 4 is 21.6 Å². The molecule has 4 rings (SSSR count). The second-order valence-electron chi connectivity index (χ2n) is 7.60. The van der Waals surface area contributed by atoms with Crippen molar-refractivity contribution in [3.8, 4) is 5.69 Å². The van der Waals surface area contributed by atoms with Crippen LogP contribution in [-0.2, 0) is 16.6 Å². The molecule has 1 amide bonds. The average molecular weight is 461 g/mol. The summed E-state index contributed by atoms with van der Waals surface area (Å²) in [6.07, 6.45) is 0. The lowest BCUT2D eigenvalue weighted by Gasteiger charge is -2.11. The summed E-state index contributed by atoms with van der Waals surface area (Å²) in [5, 5.41) is 7.27. The number of anilines is 1. The molecule has 0 aliphatic carbocycles. The third kappa shape index (κ3) is 4.96. The van der Waals surface area contributed by atoms with Crippen molar-refractivity contribution in [1.29, 1.82) is 0 Å². The van der Waals surface area contributed by atoms with Gasteiger partial charge in [-0.25, -0.2) is 13.1 Å². The van der Waals surface area contributed by atoms with E-state index in [1.54, 1.807) is 36.7 Å². The fourth-order valence-electron chi connectivity index (χ4n) is 3.65. The highest BCUT2D eigenvalue weighted by Gasteiger charge is 2.25. The van der Waals surface area contributed by atoms with Crippen LogP contribution < -0.4 is 10.0 Å². The maximum absolute atomic E-state index is 13.2. The number of benzene rings is 3. The average Bonchev–Trinajstić information content (AvgIpc) is 3.13. The number of nitrogens with zero attached hydrogens (tertiary/aromatic N) is 2. The Balaban J connectivity index is 1.54. The number of para-hydroxylation sites is 1. The Morgan fingerprint density at radius 2 is 1.58 bits per heavy atom. The van der Waals surface area contributed by atoms with Crippen LogP contribution in [0.3, 0.4) is 0 Å². The molecule has 0 aliphatic heterocycles. The van der Waals surface area contributed by atoms with Crippen LogP contribution in [0.15, 0.2) is 89.8 Å². The van der Waals surface area contributed by atoms with Gasteiger partial charge in [0.15, 0.2) is 0 Å². The zero-order valence-electron chi connectivity index (χ0n) is 18.3. The van der Waals surface area contributed by atoms with Gasteiger partial charge in [0.2, 0.25) is 0 Å². The van der Waals surface area contributed by atoms with Gasteiger partial charge in [0.25, 0.3) is 15.9 Å². The van der Waals surface area contributed by atoms with Crippen molar-refractivity contribution in [3.63, 3.8) is 0 Å². The van der Waals surface area contributed by atoms with Crippen molar-refractivity contribution in [2.45, 2.75) is 25.3 Å². The van der Waals surface area contributed by atoms with E-state index in [0.717, 1.165) is 11.3 Å². The fourth-order valence-corrected chi connectivity index (χ4v) is 5.09. The van der Waals surface area contributed by atoms with Gasteiger partial charge in [-0.3, -0.25) is 9.52 Å². The minimum Gasteiger partial charge on any atom is -0.348 e. The standard InChI is InChI=1S/C25H24N4O3S/c1-18-24(19(2)29(27-18)23-14-7-4-8-15-23)33(31,32)28-22-13-9-12-21(16-22)25(30)26-17-20-10-5-3-6-11-20/h3-16,28H,17H2,1-2H3,(H,26,30). The number of nitrogens with one attached hydrogen (secondary N) is 2. The number of carbonyl (C=O) groups is 1. The van der Waals surface area contributed by atoms with E-state index in [1.165, 1.54) is 6.07 Å². The molecule has 4 aromatic rings. The van der Waals surface area contributed by atoms with Crippen molar-refractivity contribution in [2.75, 3.05) is 4.72 Å². The number of amides is 1. The molecule has 2 N–H and O–H groups in total. The smallest absolute Gasteiger partial charge is 0.265 e. The van der Waals surface area contributed by atoms with E-state index in [2.05, 4.69) is 15.1 Å². The lowest BCUT2D eigenvalue weighted by molar-refractivity contribution is 0.0951. The van der Waals surface area contributed by atoms with Gasteiger partial charge in [-0.2, -0.15) is 5.10 Å². The van der Waals surface area contributed by atoms with Gasteiger partial charge < -0.3 is 5.32 Å². The first-order valence-corrected chi connectivity index (χ1v) is 11.9. The van der Waals surface area contributed by atoms with Gasteiger partial charge in [0, 0.05) is 17.8 Å². The second kappa shape index (κ2) is 9.30. The largest absolute Gasteiger partial charge is 0.348 e. The number of hydrogen-bond donors (Lipinski definition) is 2. The highest BCUT2D eigenvalue weighted by molar-refractivity contribution is 7.92. The molecular weight excluding hydrogens is 436 g/mol. The molecule has 1 heterocycles. The molecule has 7 nitrogen and oxygen atoms in total. The first-order chi connectivity index (χ1) is 15.8. The molecule has 0 unspecified atom stereocenters. The van der Waals surface area contributed by atoms with Gasteiger partial charge in [0.05, 0.1) is 17.1 Å². The van der Waals surface area contributed by atoms with Gasteiger partial charge in [-0.05, 0) is 49.7 Å². The molecule has 0 saturated carbocycles. The van der Waals surface area contributed by atoms with E-state index in [1.807, 2.05) is 60.7 Å². The molecule has 0 bridgehead atoms. The third-order valence-electron chi connectivity index (χ3n) is 5.17. The summed E-state index contributed by atoms with van der Waals surface area (Å²) >= 11 is 0. The molecule has 168 valence electrons. The Kier molecular flexibility index (Phi) is 6.28. The maximum atomic E-state index is 13.2. The summed E-state index contributed by atoms with van der Waals surface area (Å²) in [4.78, 5) is 12.7. The Morgan fingerprint density at radius 1 is 0.909 bits per heavy atom. The normalized spacial score (nSPS) is 11.2. The first kappa shape index (κ1) is 22.3. The molecule has 0 fully saturated rings. The highest BCUT2D eigenvalue weighted by Crippen LogP contribution is 2.25. The maximum Gasteiger partial charge on any atom is 0.265 e. The second-order valence-corrected chi connectivity index (χ2v) is 9.22. The summed E-state index contributed by atoms with van der Waals surface area (Å²) in [7, 11) is -3.92. The topological polar surface area (TPSA) is 93.1 Å². The Hall–Kier alpha value is -3.91. The fraction of sp³-hybridized carbons (Fsp3) is 0.120. The van der Waals surface area contributed by atoms with Crippen molar-refractivity contribution in [3.05, 3.63) is 107 Å². The first-order valence-electron chi connectivity index (χ1n) is 10.4. The van der Waals surface area contributed by atoms with Crippen LogP contribution in [0, 0.1) is 13.8 Å². The zero-order chi connectivity index (χ0) is 23.4. The molecule has 3 aromatic carbocycles. The van der Waals surface area contributed by atoms with E-state index in [0.29, 0.717) is 29.2 Å². The summed E-state index contributed by atoms with van der Waals surface area (Å²) < 4.78 is 30.6. The van der Waals surface area contributed by atoms with Crippen LogP contribution in [0.1, 0.15) is 27.3 Å². The predicted molar refractivity (Wildman–Crippen MR) is 128 cm³/mol. The minimum absolute atomic E-state index is 0.116. The van der Waals surface area contributed by atoms with Crippen molar-refractivity contribution in [2.24, 2.45) is 0 Å². The SMILES string of the molecule is Cc1nn(-c2ccccc2)c(C)c1S(=O)(=O)Nc1cccc(C(=O)NCc2ccccc2)c1. The van der Waals surface area contributed by atoms with Crippen LogP contribution in [-0.4, -0.2) is 24.1 Å². The number of aryl methyl sites for hydroxylation is 1. The number of carbonyl (C=O) groups excluding carboxylic acids is 1. The Morgan fingerprint density at radius 3 is 2.27 bits per heavy atom. The highest BCUT2D eigenvalue weighted by atomic mass is 32.2. The van der Waals surface area contributed by atoms with Crippen LogP contribution in [0.5, 0.6) is 0 Å². The number of sulfonamides is 1. The van der Waals surface area contributed by atoms with E-state index in [4.69, 9.17) is 0 Å². The molecule has 0 radical (unpaired) electrons. The number of aromatic nitrogens is 2. The minimum atomic E-state index is -3.92. The molecule has 0 atom stereocenters. The molecule has 0 aliphatic rings. The summed E-state index contributed by atoms with van der Waals surface area (Å²) in [6, 6.07) is 25.3. The van der Waals surface area contributed by atoms with E-state index in [9.17, 15) is 13.2 Å². The van der Waals surface area contributed by atoms with Crippen LogP contribution in [0.2, 0.25) is 0 Å². The molecule has 0 spiro atoms.